The molecule has 11 heavy (non-hydrogen) atoms. The summed E-state index contributed by atoms with van der Waals surface area (Å²) in [6.45, 7) is 1.81. The largest absolute Gasteiger partial charge is 0.406 e. The van der Waals surface area contributed by atoms with Gasteiger partial charge in [-0.05, 0) is 25.2 Å². The highest BCUT2D eigenvalue weighted by molar-refractivity contribution is 4.97. The molecule has 1 aliphatic rings. The van der Waals surface area contributed by atoms with Crippen LogP contribution in [0.1, 0.15) is 26.2 Å². The van der Waals surface area contributed by atoms with Crippen LogP contribution in [0.2, 0.25) is 0 Å². The summed E-state index contributed by atoms with van der Waals surface area (Å²) < 4.78 is 36.6. The van der Waals surface area contributed by atoms with Gasteiger partial charge in [0.25, 0.3) is 0 Å². The molecule has 1 aliphatic carbocycles. The number of nitrogens with two attached hydrogens (primary N) is 1. The average molecular weight is 167 g/mol. The predicted octanol–water partition coefficient (Wildman–Crippen LogP) is 2.07. The number of rotatable bonds is 0. The molecular weight excluding hydrogens is 155 g/mol. The van der Waals surface area contributed by atoms with Crippen molar-refractivity contribution in [3.63, 3.8) is 0 Å². The normalized spacial score (nSPS) is 39.5. The molecule has 2 atom stereocenters. The molecule has 0 aromatic rings. The Bertz CT molecular complexity index is 154. The summed E-state index contributed by atoms with van der Waals surface area (Å²) in [5, 5.41) is 0. The topological polar surface area (TPSA) is 26.0 Å². The van der Waals surface area contributed by atoms with Gasteiger partial charge in [0.05, 0.1) is 0 Å². The summed E-state index contributed by atoms with van der Waals surface area (Å²) in [7, 11) is 0. The highest BCUT2D eigenvalue weighted by Crippen LogP contribution is 2.43. The highest BCUT2D eigenvalue weighted by atomic mass is 19.4. The molecule has 1 rings (SSSR count). The molecule has 0 aromatic carbocycles. The summed E-state index contributed by atoms with van der Waals surface area (Å²) in [6.07, 6.45) is -3.47. The maximum absolute atomic E-state index is 12.2. The first kappa shape index (κ1) is 8.84. The van der Waals surface area contributed by atoms with Crippen molar-refractivity contribution >= 4 is 0 Å². The van der Waals surface area contributed by atoms with Crippen LogP contribution in [0.15, 0.2) is 0 Å². The zero-order valence-corrected chi connectivity index (χ0v) is 6.41. The molecular formula is C7H12F3N. The van der Waals surface area contributed by atoms with E-state index < -0.39 is 11.7 Å². The fourth-order valence-corrected chi connectivity index (χ4v) is 1.59. The van der Waals surface area contributed by atoms with E-state index in [4.69, 9.17) is 5.73 Å². The van der Waals surface area contributed by atoms with Gasteiger partial charge in [-0.25, -0.2) is 0 Å². The first-order valence-corrected chi connectivity index (χ1v) is 3.71. The van der Waals surface area contributed by atoms with Crippen LogP contribution in [0, 0.1) is 5.92 Å². The summed E-state index contributed by atoms with van der Waals surface area (Å²) in [5.41, 5.74) is 3.31. The Morgan fingerprint density at radius 2 is 2.00 bits per heavy atom. The zero-order chi connectivity index (χ0) is 8.70. The SMILES string of the molecule is CC1CCC(N)(C(F)(F)F)C1. The minimum absolute atomic E-state index is 0.0799. The Morgan fingerprint density at radius 1 is 1.45 bits per heavy atom. The molecule has 0 spiro atoms. The van der Waals surface area contributed by atoms with E-state index in [1.165, 1.54) is 0 Å². The lowest BCUT2D eigenvalue weighted by molar-refractivity contribution is -0.184. The summed E-state index contributed by atoms with van der Waals surface area (Å²) in [5.74, 6) is 0.113. The molecule has 1 fully saturated rings. The van der Waals surface area contributed by atoms with Gasteiger partial charge in [-0.2, -0.15) is 13.2 Å². The van der Waals surface area contributed by atoms with Gasteiger partial charge in [0.1, 0.15) is 5.54 Å². The van der Waals surface area contributed by atoms with Crippen LogP contribution in [-0.2, 0) is 0 Å². The minimum Gasteiger partial charge on any atom is -0.318 e. The van der Waals surface area contributed by atoms with Gasteiger partial charge in [-0.1, -0.05) is 6.92 Å². The molecule has 0 saturated heterocycles. The van der Waals surface area contributed by atoms with Crippen molar-refractivity contribution in [1.29, 1.82) is 0 Å². The van der Waals surface area contributed by atoms with Gasteiger partial charge in [-0.15, -0.1) is 0 Å². The van der Waals surface area contributed by atoms with Crippen LogP contribution in [0.3, 0.4) is 0 Å². The van der Waals surface area contributed by atoms with E-state index in [2.05, 4.69) is 0 Å². The molecule has 66 valence electrons. The Morgan fingerprint density at radius 3 is 2.18 bits per heavy atom. The van der Waals surface area contributed by atoms with Crippen LogP contribution in [0.4, 0.5) is 13.2 Å². The molecule has 4 heteroatoms. The Hall–Kier alpha value is -0.250. The van der Waals surface area contributed by atoms with E-state index in [0.29, 0.717) is 6.42 Å². The summed E-state index contributed by atoms with van der Waals surface area (Å²) >= 11 is 0. The summed E-state index contributed by atoms with van der Waals surface area (Å²) in [6, 6.07) is 0. The maximum atomic E-state index is 12.2. The lowest BCUT2D eigenvalue weighted by atomic mass is 9.97. The van der Waals surface area contributed by atoms with E-state index in [1.54, 1.807) is 6.92 Å². The van der Waals surface area contributed by atoms with Gasteiger partial charge in [0, 0.05) is 0 Å². The van der Waals surface area contributed by atoms with Crippen molar-refractivity contribution in [2.45, 2.75) is 37.9 Å². The van der Waals surface area contributed by atoms with Crippen molar-refractivity contribution in [3.8, 4) is 0 Å². The zero-order valence-electron chi connectivity index (χ0n) is 6.41. The van der Waals surface area contributed by atoms with Crippen molar-refractivity contribution in [1.82, 2.24) is 0 Å². The smallest absolute Gasteiger partial charge is 0.318 e. The average Bonchev–Trinajstić information content (AvgIpc) is 2.10. The van der Waals surface area contributed by atoms with Crippen molar-refractivity contribution < 1.29 is 13.2 Å². The fourth-order valence-electron chi connectivity index (χ4n) is 1.59. The van der Waals surface area contributed by atoms with E-state index in [0.717, 1.165) is 0 Å². The fraction of sp³-hybridized carbons (Fsp3) is 1.00. The van der Waals surface area contributed by atoms with Crippen LogP contribution in [0.25, 0.3) is 0 Å². The molecule has 0 bridgehead atoms. The first-order chi connectivity index (χ1) is 4.85. The number of halogens is 3. The van der Waals surface area contributed by atoms with Gasteiger partial charge < -0.3 is 5.73 Å². The van der Waals surface area contributed by atoms with E-state index in [-0.39, 0.29) is 18.8 Å². The molecule has 0 heterocycles. The van der Waals surface area contributed by atoms with Crippen LogP contribution in [-0.4, -0.2) is 11.7 Å². The molecule has 0 amide bonds. The second-order valence-corrected chi connectivity index (χ2v) is 3.50. The second kappa shape index (κ2) is 2.37. The first-order valence-electron chi connectivity index (χ1n) is 3.71. The Balaban J connectivity index is 2.69. The van der Waals surface area contributed by atoms with Crippen molar-refractivity contribution in [3.05, 3.63) is 0 Å². The lowest BCUT2D eigenvalue weighted by Crippen LogP contribution is -2.51. The third-order valence-electron chi connectivity index (χ3n) is 2.36. The van der Waals surface area contributed by atoms with E-state index in [9.17, 15) is 13.2 Å². The molecule has 2 unspecified atom stereocenters. The van der Waals surface area contributed by atoms with Crippen molar-refractivity contribution in [2.24, 2.45) is 11.7 Å². The number of alkyl halides is 3. The van der Waals surface area contributed by atoms with Crippen LogP contribution in [0.5, 0.6) is 0 Å². The Labute approximate surface area is 63.8 Å². The standard InChI is InChI=1S/C7H12F3N/c1-5-2-3-6(11,4-5)7(8,9)10/h5H,2-4,11H2,1H3. The maximum Gasteiger partial charge on any atom is 0.406 e. The van der Waals surface area contributed by atoms with Gasteiger partial charge >= 0.3 is 6.18 Å². The lowest BCUT2D eigenvalue weighted by Gasteiger charge is -2.26. The quantitative estimate of drug-likeness (QED) is 0.587. The number of hydrogen-bond acceptors (Lipinski definition) is 1. The second-order valence-electron chi connectivity index (χ2n) is 3.50. The monoisotopic (exact) mass is 167 g/mol. The van der Waals surface area contributed by atoms with Crippen molar-refractivity contribution in [2.75, 3.05) is 0 Å². The molecule has 0 aliphatic heterocycles. The molecule has 0 radical (unpaired) electrons. The van der Waals surface area contributed by atoms with Gasteiger partial charge in [-0.3, -0.25) is 0 Å². The van der Waals surface area contributed by atoms with Crippen LogP contribution < -0.4 is 5.73 Å². The number of hydrogen-bond donors (Lipinski definition) is 1. The predicted molar refractivity (Wildman–Crippen MR) is 36.0 cm³/mol. The van der Waals surface area contributed by atoms with Gasteiger partial charge in [0.15, 0.2) is 0 Å². The summed E-state index contributed by atoms with van der Waals surface area (Å²) in [4.78, 5) is 0. The minimum atomic E-state index is -4.22. The molecule has 1 saturated carbocycles. The van der Waals surface area contributed by atoms with Gasteiger partial charge in [0.2, 0.25) is 0 Å². The Kier molecular flexibility index (Phi) is 1.90. The molecule has 2 N–H and O–H groups in total. The van der Waals surface area contributed by atoms with E-state index >= 15 is 0 Å². The third-order valence-corrected chi connectivity index (χ3v) is 2.36. The molecule has 0 aromatic heterocycles. The van der Waals surface area contributed by atoms with E-state index in [1.807, 2.05) is 0 Å². The van der Waals surface area contributed by atoms with Crippen LogP contribution >= 0.6 is 0 Å². The third kappa shape index (κ3) is 1.50. The highest BCUT2D eigenvalue weighted by Gasteiger charge is 2.54. The molecule has 1 nitrogen and oxygen atoms in total.